The number of likely N-dealkylation sites (tertiary alicyclic amines) is 1. The van der Waals surface area contributed by atoms with Crippen LogP contribution in [0, 0.1) is 11.8 Å². The lowest BCUT2D eigenvalue weighted by Gasteiger charge is -2.34. The molecule has 1 heterocycles. The molecule has 2 aliphatic carbocycles. The van der Waals surface area contributed by atoms with Crippen molar-refractivity contribution in [3.05, 3.63) is 0 Å². The zero-order valence-corrected chi connectivity index (χ0v) is 11.4. The molecule has 2 bridgehead atoms. The van der Waals surface area contributed by atoms with E-state index in [4.69, 9.17) is 4.74 Å². The predicted octanol–water partition coefficient (Wildman–Crippen LogP) is 0.538. The number of rotatable bonds is 5. The van der Waals surface area contributed by atoms with Crippen molar-refractivity contribution in [2.45, 2.75) is 44.2 Å². The number of amides is 2. The molecule has 0 spiro atoms. The third-order valence-electron chi connectivity index (χ3n) is 4.64. The van der Waals surface area contributed by atoms with Crippen LogP contribution < -0.4 is 5.32 Å². The van der Waals surface area contributed by atoms with E-state index < -0.39 is 0 Å². The average Bonchev–Trinajstić information content (AvgIpc) is 3.06. The van der Waals surface area contributed by atoms with E-state index >= 15 is 0 Å². The summed E-state index contributed by atoms with van der Waals surface area (Å²) in [5.74, 6) is 0.807. The Hall–Kier alpha value is -1.10. The first kappa shape index (κ1) is 12.9. The number of hydrogen-bond acceptors (Lipinski definition) is 3. The minimum absolute atomic E-state index is 0.0123. The Morgan fingerprint density at radius 1 is 1.26 bits per heavy atom. The molecule has 5 nitrogen and oxygen atoms in total. The molecule has 0 aromatic rings. The van der Waals surface area contributed by atoms with Crippen molar-refractivity contribution in [2.75, 3.05) is 20.3 Å². The molecule has 0 aromatic heterocycles. The van der Waals surface area contributed by atoms with Gasteiger partial charge in [-0.25, -0.2) is 0 Å². The van der Waals surface area contributed by atoms with Crippen molar-refractivity contribution < 1.29 is 14.3 Å². The maximum atomic E-state index is 12.4. The maximum Gasteiger partial charge on any atom is 0.243 e. The van der Waals surface area contributed by atoms with Gasteiger partial charge in [0, 0.05) is 25.6 Å². The SMILES string of the molecule is COCCNC(=O)[C@@H]1[C@H]2CC[C@@H](C2)N1C(=O)C1CC1. The molecule has 2 saturated carbocycles. The quantitative estimate of drug-likeness (QED) is 0.739. The van der Waals surface area contributed by atoms with Gasteiger partial charge in [0.2, 0.25) is 11.8 Å². The molecule has 3 fully saturated rings. The fraction of sp³-hybridized carbons (Fsp3) is 0.857. The van der Waals surface area contributed by atoms with E-state index in [1.165, 1.54) is 0 Å². The first-order valence-electron chi connectivity index (χ1n) is 7.31. The van der Waals surface area contributed by atoms with Crippen molar-refractivity contribution in [3.63, 3.8) is 0 Å². The molecule has 0 radical (unpaired) electrons. The summed E-state index contributed by atoms with van der Waals surface area (Å²) in [6.07, 6.45) is 5.18. The van der Waals surface area contributed by atoms with Crippen LogP contribution >= 0.6 is 0 Å². The minimum atomic E-state index is -0.219. The fourth-order valence-corrected chi connectivity index (χ4v) is 3.56. The van der Waals surface area contributed by atoms with Gasteiger partial charge in [0.05, 0.1) is 6.61 Å². The van der Waals surface area contributed by atoms with Gasteiger partial charge >= 0.3 is 0 Å². The zero-order valence-electron chi connectivity index (χ0n) is 11.4. The monoisotopic (exact) mass is 266 g/mol. The average molecular weight is 266 g/mol. The molecule has 106 valence electrons. The first-order chi connectivity index (χ1) is 9.22. The van der Waals surface area contributed by atoms with Crippen molar-refractivity contribution in [1.29, 1.82) is 0 Å². The van der Waals surface area contributed by atoms with E-state index in [0.29, 0.717) is 25.1 Å². The van der Waals surface area contributed by atoms with Crippen LogP contribution in [0.5, 0.6) is 0 Å². The van der Waals surface area contributed by atoms with E-state index in [2.05, 4.69) is 5.32 Å². The van der Waals surface area contributed by atoms with Crippen LogP contribution in [-0.2, 0) is 14.3 Å². The summed E-state index contributed by atoms with van der Waals surface area (Å²) in [5.41, 5.74) is 0. The summed E-state index contributed by atoms with van der Waals surface area (Å²) in [4.78, 5) is 26.6. The lowest BCUT2D eigenvalue weighted by atomic mass is 9.97. The molecule has 1 aliphatic heterocycles. The molecule has 2 amide bonds. The molecule has 3 rings (SSSR count). The molecule has 3 aliphatic rings. The normalized spacial score (nSPS) is 32.7. The van der Waals surface area contributed by atoms with Crippen LogP contribution in [0.3, 0.4) is 0 Å². The number of nitrogens with zero attached hydrogens (tertiary/aromatic N) is 1. The van der Waals surface area contributed by atoms with Gasteiger partial charge in [-0.1, -0.05) is 0 Å². The van der Waals surface area contributed by atoms with Crippen molar-refractivity contribution in [1.82, 2.24) is 10.2 Å². The van der Waals surface area contributed by atoms with E-state index in [1.54, 1.807) is 7.11 Å². The van der Waals surface area contributed by atoms with Gasteiger partial charge in [-0.3, -0.25) is 9.59 Å². The van der Waals surface area contributed by atoms with Crippen molar-refractivity contribution in [3.8, 4) is 0 Å². The molecule has 1 N–H and O–H groups in total. The summed E-state index contributed by atoms with van der Waals surface area (Å²) >= 11 is 0. The Kier molecular flexibility index (Phi) is 3.48. The number of piperidine rings is 1. The van der Waals surface area contributed by atoms with Crippen LogP contribution in [0.1, 0.15) is 32.1 Å². The maximum absolute atomic E-state index is 12.4. The Morgan fingerprint density at radius 3 is 2.74 bits per heavy atom. The van der Waals surface area contributed by atoms with E-state index in [0.717, 1.165) is 32.1 Å². The summed E-state index contributed by atoms with van der Waals surface area (Å²) in [6, 6.07) is 0.0972. The summed E-state index contributed by atoms with van der Waals surface area (Å²) in [7, 11) is 1.62. The molecular formula is C14H22N2O3. The van der Waals surface area contributed by atoms with E-state index in [9.17, 15) is 9.59 Å². The predicted molar refractivity (Wildman–Crippen MR) is 69.4 cm³/mol. The number of nitrogens with one attached hydrogen (secondary N) is 1. The second-order valence-corrected chi connectivity index (χ2v) is 5.98. The fourth-order valence-electron chi connectivity index (χ4n) is 3.56. The highest BCUT2D eigenvalue weighted by Crippen LogP contribution is 2.45. The van der Waals surface area contributed by atoms with Gasteiger partial charge in [-0.15, -0.1) is 0 Å². The Labute approximate surface area is 113 Å². The first-order valence-corrected chi connectivity index (χ1v) is 7.31. The van der Waals surface area contributed by atoms with Gasteiger partial charge in [-0.05, 0) is 38.0 Å². The molecular weight excluding hydrogens is 244 g/mol. The number of carbonyl (C=O) groups excluding carboxylic acids is 2. The lowest BCUT2D eigenvalue weighted by Crippen LogP contribution is -2.53. The number of ether oxygens (including phenoxy) is 1. The lowest BCUT2D eigenvalue weighted by molar-refractivity contribution is -0.143. The Morgan fingerprint density at radius 2 is 2.05 bits per heavy atom. The minimum Gasteiger partial charge on any atom is -0.383 e. The number of methoxy groups -OCH3 is 1. The van der Waals surface area contributed by atoms with Crippen LogP contribution in [0.25, 0.3) is 0 Å². The summed E-state index contributed by atoms with van der Waals surface area (Å²) in [5, 5.41) is 2.90. The van der Waals surface area contributed by atoms with Gasteiger partial charge in [0.15, 0.2) is 0 Å². The second kappa shape index (κ2) is 5.12. The largest absolute Gasteiger partial charge is 0.383 e. The third kappa shape index (κ3) is 2.36. The van der Waals surface area contributed by atoms with Crippen molar-refractivity contribution >= 4 is 11.8 Å². The van der Waals surface area contributed by atoms with E-state index in [1.807, 2.05) is 4.90 Å². The highest BCUT2D eigenvalue weighted by molar-refractivity contribution is 5.90. The van der Waals surface area contributed by atoms with E-state index in [-0.39, 0.29) is 23.8 Å². The highest BCUT2D eigenvalue weighted by atomic mass is 16.5. The van der Waals surface area contributed by atoms with Gasteiger partial charge in [-0.2, -0.15) is 0 Å². The molecule has 5 heteroatoms. The topological polar surface area (TPSA) is 58.6 Å². The summed E-state index contributed by atoms with van der Waals surface area (Å²) in [6.45, 7) is 1.04. The highest BCUT2D eigenvalue weighted by Gasteiger charge is 2.53. The zero-order chi connectivity index (χ0) is 13.4. The summed E-state index contributed by atoms with van der Waals surface area (Å²) < 4.78 is 4.94. The standard InChI is InChI=1S/C14H22N2O3/c1-19-7-6-15-13(17)12-10-4-5-11(8-10)16(12)14(18)9-2-3-9/h9-12H,2-8H2,1H3,(H,15,17)/t10-,11-,12-/m0/s1. The van der Waals surface area contributed by atoms with Gasteiger partial charge in [0.25, 0.3) is 0 Å². The molecule has 3 atom stereocenters. The molecule has 0 unspecified atom stereocenters. The van der Waals surface area contributed by atoms with Crippen molar-refractivity contribution in [2.24, 2.45) is 11.8 Å². The number of carbonyl (C=O) groups is 2. The smallest absolute Gasteiger partial charge is 0.243 e. The molecule has 1 saturated heterocycles. The van der Waals surface area contributed by atoms with Gasteiger partial charge in [0.1, 0.15) is 6.04 Å². The molecule has 0 aromatic carbocycles. The van der Waals surface area contributed by atoms with Crippen LogP contribution in [0.2, 0.25) is 0 Å². The Bertz CT molecular complexity index is 381. The number of hydrogen-bond donors (Lipinski definition) is 1. The van der Waals surface area contributed by atoms with Crippen LogP contribution in [0.4, 0.5) is 0 Å². The third-order valence-corrected chi connectivity index (χ3v) is 4.64. The second-order valence-electron chi connectivity index (χ2n) is 5.98. The van der Waals surface area contributed by atoms with Crippen LogP contribution in [-0.4, -0.2) is 49.1 Å². The van der Waals surface area contributed by atoms with Crippen LogP contribution in [0.15, 0.2) is 0 Å². The number of fused-ring (bicyclic) bond motifs is 2. The Balaban J connectivity index is 1.66. The van der Waals surface area contributed by atoms with Gasteiger partial charge < -0.3 is 15.0 Å². The molecule has 19 heavy (non-hydrogen) atoms.